The predicted octanol–water partition coefficient (Wildman–Crippen LogP) is 5.30. The van der Waals surface area contributed by atoms with Crippen LogP contribution in [0.5, 0.6) is 5.75 Å². The summed E-state index contributed by atoms with van der Waals surface area (Å²) < 4.78 is 11.3. The molecule has 1 unspecified atom stereocenters. The van der Waals surface area contributed by atoms with Gasteiger partial charge in [-0.3, -0.25) is 9.69 Å². The minimum absolute atomic E-state index is 0.0933. The van der Waals surface area contributed by atoms with Gasteiger partial charge in [-0.05, 0) is 54.7 Å². The van der Waals surface area contributed by atoms with Crippen molar-refractivity contribution >= 4 is 35.2 Å². The van der Waals surface area contributed by atoms with Gasteiger partial charge in [0.1, 0.15) is 29.2 Å². The largest absolute Gasteiger partial charge is 0.492 e. The van der Waals surface area contributed by atoms with Gasteiger partial charge in [-0.1, -0.05) is 49.2 Å². The summed E-state index contributed by atoms with van der Waals surface area (Å²) in [4.78, 5) is 19.4. The first-order chi connectivity index (χ1) is 17.4. The zero-order valence-electron chi connectivity index (χ0n) is 20.7. The van der Waals surface area contributed by atoms with E-state index in [0.717, 1.165) is 57.0 Å². The summed E-state index contributed by atoms with van der Waals surface area (Å²) >= 11 is 12.1. The topological polar surface area (TPSA) is 87.5 Å². The van der Waals surface area contributed by atoms with Gasteiger partial charge in [-0.15, -0.1) is 0 Å². The molecule has 1 aliphatic rings. The Hall–Kier alpha value is -2.63. The number of halogens is 2. The molecule has 1 saturated heterocycles. The van der Waals surface area contributed by atoms with Gasteiger partial charge < -0.3 is 14.8 Å². The molecule has 2 heterocycles. The van der Waals surface area contributed by atoms with Gasteiger partial charge >= 0.3 is 0 Å². The van der Waals surface area contributed by atoms with Crippen molar-refractivity contribution in [2.24, 2.45) is 5.92 Å². The number of ether oxygens (including phenoxy) is 2. The molecule has 2 aromatic rings. The fraction of sp³-hybridized carbons (Fsp3) is 0.444. The summed E-state index contributed by atoms with van der Waals surface area (Å²) in [5, 5.41) is 13.2. The molecule has 0 aliphatic carbocycles. The maximum Gasteiger partial charge on any atom is 0.262 e. The molecule has 1 aliphatic heterocycles. The Morgan fingerprint density at radius 2 is 1.92 bits per heavy atom. The van der Waals surface area contributed by atoms with E-state index in [0.29, 0.717) is 17.5 Å². The number of nitrogens with zero attached hydrogens (tertiary/aromatic N) is 3. The van der Waals surface area contributed by atoms with E-state index in [9.17, 15) is 10.1 Å². The quantitative estimate of drug-likeness (QED) is 0.241. The highest BCUT2D eigenvalue weighted by molar-refractivity contribution is 6.33. The van der Waals surface area contributed by atoms with Gasteiger partial charge in [0.15, 0.2) is 0 Å². The zero-order chi connectivity index (χ0) is 25.9. The number of rotatable bonds is 11. The van der Waals surface area contributed by atoms with Gasteiger partial charge in [0.05, 0.1) is 30.0 Å². The average Bonchev–Trinajstić information content (AvgIpc) is 2.88. The SMILES string of the molecule is CC(C)CCC(NC(=O)/C(C#N)=C/c1nc(Cl)ccc1Cl)c1ccc(OCCN2CCOCC2)cc1. The monoisotopic (exact) mass is 530 g/mol. The molecule has 0 radical (unpaired) electrons. The van der Waals surface area contributed by atoms with Crippen molar-refractivity contribution < 1.29 is 14.3 Å². The first-order valence-corrected chi connectivity index (χ1v) is 12.9. The number of nitriles is 1. The fourth-order valence-corrected chi connectivity index (χ4v) is 4.11. The first kappa shape index (κ1) is 27.9. The van der Waals surface area contributed by atoms with Gasteiger partial charge in [-0.2, -0.15) is 5.26 Å². The van der Waals surface area contributed by atoms with Crippen LogP contribution in [0, 0.1) is 17.2 Å². The molecule has 36 heavy (non-hydrogen) atoms. The fourth-order valence-electron chi connectivity index (χ4n) is 3.79. The van der Waals surface area contributed by atoms with E-state index in [1.165, 1.54) is 6.08 Å². The van der Waals surface area contributed by atoms with Crippen LogP contribution in [0.3, 0.4) is 0 Å². The Bertz CT molecular complexity index is 1080. The van der Waals surface area contributed by atoms with E-state index in [-0.39, 0.29) is 22.5 Å². The smallest absolute Gasteiger partial charge is 0.262 e. The summed E-state index contributed by atoms with van der Waals surface area (Å²) in [5.74, 6) is 0.753. The van der Waals surface area contributed by atoms with Crippen LogP contribution in [0.4, 0.5) is 0 Å². The second-order valence-electron chi connectivity index (χ2n) is 9.04. The summed E-state index contributed by atoms with van der Waals surface area (Å²) in [6, 6.07) is 12.6. The highest BCUT2D eigenvalue weighted by Crippen LogP contribution is 2.25. The molecule has 0 bridgehead atoms. The lowest BCUT2D eigenvalue weighted by Gasteiger charge is -2.26. The number of pyridine rings is 1. The van der Waals surface area contributed by atoms with Crippen molar-refractivity contribution in [3.63, 3.8) is 0 Å². The number of morpholine rings is 1. The minimum Gasteiger partial charge on any atom is -0.492 e. The second kappa shape index (κ2) is 14.2. The number of nitrogens with one attached hydrogen (secondary N) is 1. The van der Waals surface area contributed by atoms with Crippen molar-refractivity contribution in [1.82, 2.24) is 15.2 Å². The third-order valence-electron chi connectivity index (χ3n) is 5.89. The summed E-state index contributed by atoms with van der Waals surface area (Å²) in [6.45, 7) is 9.12. The number of hydrogen-bond donors (Lipinski definition) is 1. The van der Waals surface area contributed by atoms with Gasteiger partial charge in [0.2, 0.25) is 0 Å². The Morgan fingerprint density at radius 3 is 2.58 bits per heavy atom. The lowest BCUT2D eigenvalue weighted by atomic mass is 9.97. The van der Waals surface area contributed by atoms with Gasteiger partial charge in [0, 0.05) is 19.6 Å². The third kappa shape index (κ3) is 8.79. The van der Waals surface area contributed by atoms with E-state index in [2.05, 4.69) is 29.0 Å². The highest BCUT2D eigenvalue weighted by atomic mass is 35.5. The molecule has 1 aromatic heterocycles. The van der Waals surface area contributed by atoms with Gasteiger partial charge in [-0.25, -0.2) is 4.98 Å². The van der Waals surface area contributed by atoms with Crippen molar-refractivity contribution in [3.8, 4) is 11.8 Å². The average molecular weight is 531 g/mol. The van der Waals surface area contributed by atoms with Crippen LogP contribution in [0.1, 0.15) is 44.0 Å². The Kier molecular flexibility index (Phi) is 11.0. The number of amides is 1. The molecule has 1 atom stereocenters. The number of carbonyl (C=O) groups excluding carboxylic acids is 1. The predicted molar refractivity (Wildman–Crippen MR) is 142 cm³/mol. The molecule has 1 amide bonds. The molecule has 9 heteroatoms. The molecule has 0 saturated carbocycles. The number of aromatic nitrogens is 1. The number of hydrogen-bond acceptors (Lipinski definition) is 6. The Morgan fingerprint density at radius 1 is 1.19 bits per heavy atom. The molecule has 7 nitrogen and oxygen atoms in total. The van der Waals surface area contributed by atoms with E-state index >= 15 is 0 Å². The maximum absolute atomic E-state index is 13.0. The molecule has 192 valence electrons. The zero-order valence-corrected chi connectivity index (χ0v) is 22.2. The van der Waals surface area contributed by atoms with E-state index < -0.39 is 5.91 Å². The molecule has 1 aromatic carbocycles. The summed E-state index contributed by atoms with van der Waals surface area (Å²) in [6.07, 6.45) is 3.00. The Labute approximate surface area is 223 Å². The maximum atomic E-state index is 13.0. The van der Waals surface area contributed by atoms with Gasteiger partial charge in [0.25, 0.3) is 5.91 Å². The van der Waals surface area contributed by atoms with Crippen LogP contribution in [0.25, 0.3) is 6.08 Å². The molecular formula is C27H32Cl2N4O3. The van der Waals surface area contributed by atoms with E-state index in [1.807, 2.05) is 30.3 Å². The van der Waals surface area contributed by atoms with Crippen molar-refractivity contribution in [3.05, 3.63) is 63.4 Å². The second-order valence-corrected chi connectivity index (χ2v) is 9.83. The van der Waals surface area contributed by atoms with Crippen molar-refractivity contribution in [2.75, 3.05) is 39.5 Å². The lowest BCUT2D eigenvalue weighted by molar-refractivity contribution is -0.117. The van der Waals surface area contributed by atoms with E-state index in [4.69, 9.17) is 32.7 Å². The van der Waals surface area contributed by atoms with Crippen LogP contribution in [-0.2, 0) is 9.53 Å². The molecule has 1 fully saturated rings. The molecule has 3 rings (SSSR count). The lowest BCUT2D eigenvalue weighted by Crippen LogP contribution is -2.38. The van der Waals surface area contributed by atoms with E-state index in [1.54, 1.807) is 12.1 Å². The van der Waals surface area contributed by atoms with Crippen LogP contribution >= 0.6 is 23.2 Å². The van der Waals surface area contributed by atoms with Crippen LogP contribution < -0.4 is 10.1 Å². The first-order valence-electron chi connectivity index (χ1n) is 12.1. The third-order valence-corrected chi connectivity index (χ3v) is 6.42. The number of benzene rings is 1. The number of carbonyl (C=O) groups is 1. The summed E-state index contributed by atoms with van der Waals surface area (Å²) in [7, 11) is 0. The van der Waals surface area contributed by atoms with Crippen molar-refractivity contribution in [1.29, 1.82) is 5.26 Å². The molecule has 0 spiro atoms. The minimum atomic E-state index is -0.491. The van der Waals surface area contributed by atoms with Crippen LogP contribution in [0.15, 0.2) is 42.0 Å². The van der Waals surface area contributed by atoms with Crippen LogP contribution in [-0.4, -0.2) is 55.2 Å². The molecule has 1 N–H and O–H groups in total. The normalized spacial score (nSPS) is 15.4. The Balaban J connectivity index is 1.67. The highest BCUT2D eigenvalue weighted by Gasteiger charge is 2.19. The molecular weight excluding hydrogens is 499 g/mol. The standard InChI is InChI=1S/C27H32Cl2N4O3/c1-19(2)3-9-24(32-27(34)21(18-30)17-25-23(28)8-10-26(29)31-25)20-4-6-22(7-5-20)36-16-13-33-11-14-35-15-12-33/h4-8,10,17,19,24H,3,9,11-16H2,1-2H3,(H,32,34)/b21-17+. The van der Waals surface area contributed by atoms with Crippen LogP contribution in [0.2, 0.25) is 10.2 Å². The summed E-state index contributed by atoms with van der Waals surface area (Å²) in [5.41, 5.74) is 1.12. The van der Waals surface area contributed by atoms with Crippen molar-refractivity contribution in [2.45, 2.75) is 32.7 Å².